The van der Waals surface area contributed by atoms with Crippen LogP contribution >= 0.6 is 0 Å². The molecule has 172 valence electrons. The van der Waals surface area contributed by atoms with E-state index in [-0.39, 0.29) is 17.0 Å². The second-order valence-electron chi connectivity index (χ2n) is 10.1. The summed E-state index contributed by atoms with van der Waals surface area (Å²) in [5.74, 6) is 0.487. The second-order valence-corrected chi connectivity index (χ2v) is 10.1. The van der Waals surface area contributed by atoms with E-state index in [1.807, 2.05) is 21.6 Å². The molecule has 8 nitrogen and oxygen atoms in total. The minimum Gasteiger partial charge on any atom is -0.324 e. The van der Waals surface area contributed by atoms with Gasteiger partial charge < -0.3 is 10.6 Å². The molecule has 1 aliphatic heterocycles. The summed E-state index contributed by atoms with van der Waals surface area (Å²) in [6.07, 6.45) is 8.87. The molecule has 7 rings (SSSR count). The largest absolute Gasteiger partial charge is 0.324 e. The van der Waals surface area contributed by atoms with Gasteiger partial charge in [0, 0.05) is 35.7 Å². The number of fused-ring (bicyclic) bond motifs is 2. The molecular formula is C26H27N7O. The van der Waals surface area contributed by atoms with Crippen molar-refractivity contribution < 1.29 is 0 Å². The number of aromatic nitrogens is 5. The fourth-order valence-corrected chi connectivity index (χ4v) is 4.97. The van der Waals surface area contributed by atoms with Gasteiger partial charge in [0.25, 0.3) is 5.56 Å². The van der Waals surface area contributed by atoms with E-state index in [0.717, 1.165) is 62.3 Å². The predicted octanol–water partition coefficient (Wildman–Crippen LogP) is 3.75. The number of nitrogens with one attached hydrogen (secondary N) is 2. The van der Waals surface area contributed by atoms with Crippen LogP contribution in [0.4, 0.5) is 11.6 Å². The first-order chi connectivity index (χ1) is 16.6. The van der Waals surface area contributed by atoms with Crippen LogP contribution in [0.3, 0.4) is 0 Å². The predicted molar refractivity (Wildman–Crippen MR) is 131 cm³/mol. The number of anilines is 2. The van der Waals surface area contributed by atoms with Gasteiger partial charge in [0.05, 0.1) is 11.7 Å². The lowest BCUT2D eigenvalue weighted by molar-refractivity contribution is 0.559. The normalized spacial score (nSPS) is 18.6. The topological polar surface area (TPSA) is 89.7 Å². The first-order valence-electron chi connectivity index (χ1n) is 12.2. The quantitative estimate of drug-likeness (QED) is 0.478. The molecule has 3 aliphatic rings. The second kappa shape index (κ2) is 7.24. The van der Waals surface area contributed by atoms with E-state index in [1.54, 1.807) is 6.20 Å². The zero-order chi connectivity index (χ0) is 22.9. The molecule has 0 bridgehead atoms. The fourth-order valence-electron chi connectivity index (χ4n) is 4.97. The number of benzene rings is 1. The molecule has 3 aromatic heterocycles. The van der Waals surface area contributed by atoms with Crippen LogP contribution in [-0.2, 0) is 18.4 Å². The highest BCUT2D eigenvalue weighted by molar-refractivity contribution is 5.77. The molecule has 0 radical (unpaired) electrons. The Bertz CT molecular complexity index is 1490. The number of hydrogen-bond donors (Lipinski definition) is 2. The van der Waals surface area contributed by atoms with E-state index in [0.29, 0.717) is 17.0 Å². The lowest BCUT2D eigenvalue weighted by atomic mass is 10.0. The summed E-state index contributed by atoms with van der Waals surface area (Å²) in [5.41, 5.74) is 6.39. The summed E-state index contributed by atoms with van der Waals surface area (Å²) in [5, 5.41) is 7.32. The molecule has 34 heavy (non-hydrogen) atoms. The zero-order valence-corrected chi connectivity index (χ0v) is 19.2. The maximum atomic E-state index is 13.3. The first kappa shape index (κ1) is 19.9. The van der Waals surface area contributed by atoms with Gasteiger partial charge in [-0.3, -0.25) is 9.78 Å². The van der Waals surface area contributed by atoms with Crippen LogP contribution in [0.1, 0.15) is 55.5 Å². The summed E-state index contributed by atoms with van der Waals surface area (Å²) in [7, 11) is 0. The fraction of sp³-hybridized carbons (Fsp3) is 0.385. The standard InChI is InChI=1S/C26H27N7O/c1-26(8-9-26)22-13-20(7-11-28-22)32-23-21(24(34)33(32)19-4-5-19)15-29-25(31-23)30-18-3-2-16-6-10-27-14-17(16)12-18/h2-3,7,11-13,15,19,27H,4-6,8-10,14H2,1H3,(H,29,30,31). The van der Waals surface area contributed by atoms with Crippen LogP contribution < -0.4 is 16.2 Å². The van der Waals surface area contributed by atoms with E-state index in [1.165, 1.54) is 11.1 Å². The molecule has 0 saturated heterocycles. The molecule has 2 aliphatic carbocycles. The molecule has 2 fully saturated rings. The molecule has 4 aromatic rings. The van der Waals surface area contributed by atoms with Gasteiger partial charge in [-0.1, -0.05) is 13.0 Å². The van der Waals surface area contributed by atoms with Crippen molar-refractivity contribution in [3.8, 4) is 5.69 Å². The van der Waals surface area contributed by atoms with Crippen LogP contribution in [0.15, 0.2) is 47.5 Å². The van der Waals surface area contributed by atoms with Crippen molar-refractivity contribution in [2.75, 3.05) is 11.9 Å². The molecule has 1 aromatic carbocycles. The summed E-state index contributed by atoms with van der Waals surface area (Å²) in [6, 6.07) is 10.7. The monoisotopic (exact) mass is 453 g/mol. The van der Waals surface area contributed by atoms with Gasteiger partial charge >= 0.3 is 0 Å². The molecular weight excluding hydrogens is 426 g/mol. The highest BCUT2D eigenvalue weighted by atomic mass is 16.1. The lowest BCUT2D eigenvalue weighted by Crippen LogP contribution is -2.23. The third kappa shape index (κ3) is 3.24. The highest BCUT2D eigenvalue weighted by Crippen LogP contribution is 2.47. The Balaban J connectivity index is 1.34. The van der Waals surface area contributed by atoms with Gasteiger partial charge in [-0.2, -0.15) is 4.98 Å². The average molecular weight is 454 g/mol. The minimum atomic E-state index is -0.0279. The van der Waals surface area contributed by atoms with Gasteiger partial charge in [0.1, 0.15) is 5.39 Å². The van der Waals surface area contributed by atoms with Crippen molar-refractivity contribution in [3.63, 3.8) is 0 Å². The smallest absolute Gasteiger partial charge is 0.278 e. The van der Waals surface area contributed by atoms with Gasteiger partial charge in [-0.25, -0.2) is 14.3 Å². The van der Waals surface area contributed by atoms with Gasteiger partial charge in [-0.05, 0) is 74.0 Å². The molecule has 2 saturated carbocycles. The van der Waals surface area contributed by atoms with Gasteiger partial charge in [0.2, 0.25) is 5.95 Å². The summed E-state index contributed by atoms with van der Waals surface area (Å²) in [6.45, 7) is 4.14. The average Bonchev–Trinajstić information content (AvgIpc) is 3.80. The Morgan fingerprint density at radius 2 is 2.00 bits per heavy atom. The Morgan fingerprint density at radius 3 is 2.82 bits per heavy atom. The first-order valence-corrected chi connectivity index (χ1v) is 12.2. The Morgan fingerprint density at radius 1 is 1.12 bits per heavy atom. The van der Waals surface area contributed by atoms with Crippen LogP contribution in [0.25, 0.3) is 16.7 Å². The molecule has 2 N–H and O–H groups in total. The minimum absolute atomic E-state index is 0.0279. The van der Waals surface area contributed by atoms with E-state index in [4.69, 9.17) is 4.98 Å². The highest BCUT2D eigenvalue weighted by Gasteiger charge is 2.41. The molecule has 0 unspecified atom stereocenters. The third-order valence-corrected chi connectivity index (χ3v) is 7.47. The van der Waals surface area contributed by atoms with Crippen LogP contribution in [0.5, 0.6) is 0 Å². The van der Waals surface area contributed by atoms with Crippen LogP contribution in [0.2, 0.25) is 0 Å². The summed E-state index contributed by atoms with van der Waals surface area (Å²) < 4.78 is 3.85. The van der Waals surface area contributed by atoms with Crippen molar-refractivity contribution in [2.45, 2.75) is 57.0 Å². The number of hydrogen-bond acceptors (Lipinski definition) is 6. The molecule has 8 heteroatoms. The Labute approximate surface area is 197 Å². The van der Waals surface area contributed by atoms with Crippen molar-refractivity contribution in [2.24, 2.45) is 0 Å². The lowest BCUT2D eigenvalue weighted by Gasteiger charge is -2.18. The molecule has 0 atom stereocenters. The zero-order valence-electron chi connectivity index (χ0n) is 19.2. The summed E-state index contributed by atoms with van der Waals surface area (Å²) >= 11 is 0. The van der Waals surface area contributed by atoms with Crippen molar-refractivity contribution in [3.05, 3.63) is 69.9 Å². The SMILES string of the molecule is CC1(c2cc(-n3c4nc(Nc5ccc6c(c5)CNCC6)ncc4c(=O)n3C3CC3)ccn2)CC1. The molecule has 4 heterocycles. The van der Waals surface area contributed by atoms with E-state index < -0.39 is 0 Å². The Hall–Kier alpha value is -3.52. The van der Waals surface area contributed by atoms with Crippen LogP contribution in [0, 0.1) is 0 Å². The number of nitrogens with zero attached hydrogens (tertiary/aromatic N) is 5. The third-order valence-electron chi connectivity index (χ3n) is 7.47. The van der Waals surface area contributed by atoms with Crippen molar-refractivity contribution in [1.82, 2.24) is 29.6 Å². The Kier molecular flexibility index (Phi) is 4.24. The van der Waals surface area contributed by atoms with Crippen molar-refractivity contribution in [1.29, 1.82) is 0 Å². The van der Waals surface area contributed by atoms with Crippen molar-refractivity contribution >= 4 is 22.7 Å². The van der Waals surface area contributed by atoms with E-state index in [2.05, 4.69) is 51.8 Å². The maximum Gasteiger partial charge on any atom is 0.278 e. The summed E-state index contributed by atoms with van der Waals surface area (Å²) in [4.78, 5) is 27.3. The van der Waals surface area contributed by atoms with E-state index >= 15 is 0 Å². The molecule has 0 amide bonds. The number of rotatable bonds is 5. The molecule has 0 spiro atoms. The van der Waals surface area contributed by atoms with Gasteiger partial charge in [0.15, 0.2) is 5.65 Å². The van der Waals surface area contributed by atoms with E-state index in [9.17, 15) is 4.79 Å². The van der Waals surface area contributed by atoms with Gasteiger partial charge in [-0.15, -0.1) is 0 Å². The van der Waals surface area contributed by atoms with Crippen LogP contribution in [-0.4, -0.2) is 30.9 Å². The maximum absolute atomic E-state index is 13.3. The number of pyridine rings is 1.